The van der Waals surface area contributed by atoms with Crippen molar-refractivity contribution >= 4 is 35.0 Å². The van der Waals surface area contributed by atoms with Crippen molar-refractivity contribution in [3.8, 4) is 5.75 Å². The average Bonchev–Trinajstić information content (AvgIpc) is 2.75. The van der Waals surface area contributed by atoms with Gasteiger partial charge in [0.15, 0.2) is 0 Å². The fourth-order valence-electron chi connectivity index (χ4n) is 2.72. The Bertz CT molecular complexity index is 1000. The summed E-state index contributed by atoms with van der Waals surface area (Å²) in [5.41, 5.74) is 3.13. The van der Waals surface area contributed by atoms with Gasteiger partial charge in [0.1, 0.15) is 5.75 Å². The summed E-state index contributed by atoms with van der Waals surface area (Å²) in [6.07, 6.45) is 0. The van der Waals surface area contributed by atoms with E-state index in [1.165, 1.54) is 11.8 Å². The van der Waals surface area contributed by atoms with Gasteiger partial charge < -0.3 is 15.4 Å². The van der Waals surface area contributed by atoms with Crippen LogP contribution in [0.25, 0.3) is 0 Å². The fraction of sp³-hybridized carbons (Fsp3) is 0.167. The van der Waals surface area contributed by atoms with Crippen LogP contribution >= 0.6 is 11.8 Å². The number of benzene rings is 3. The Labute approximate surface area is 180 Å². The number of rotatable bonds is 8. The third-order valence-electron chi connectivity index (χ3n) is 4.22. The van der Waals surface area contributed by atoms with Crippen LogP contribution in [0.15, 0.2) is 77.7 Å². The Morgan fingerprint density at radius 2 is 1.63 bits per heavy atom. The molecule has 2 N–H and O–H groups in total. The number of carbonyl (C=O) groups is 2. The molecular weight excluding hydrogens is 396 g/mol. The first-order valence-corrected chi connectivity index (χ1v) is 10.7. The first kappa shape index (κ1) is 21.5. The van der Waals surface area contributed by atoms with Crippen LogP contribution in [0.3, 0.4) is 0 Å². The van der Waals surface area contributed by atoms with E-state index in [2.05, 4.69) is 10.6 Å². The molecule has 2 amide bonds. The van der Waals surface area contributed by atoms with Gasteiger partial charge in [0.25, 0.3) is 5.91 Å². The van der Waals surface area contributed by atoms with Gasteiger partial charge in [-0.2, -0.15) is 0 Å². The lowest BCUT2D eigenvalue weighted by Crippen LogP contribution is -2.14. The zero-order valence-electron chi connectivity index (χ0n) is 17.0. The van der Waals surface area contributed by atoms with Gasteiger partial charge in [-0.1, -0.05) is 23.8 Å². The molecule has 0 heterocycles. The standard InChI is InChI=1S/C24H24N2O3S/c1-3-29-21-13-11-19(12-14-21)25-23(27)16-30-22-6-4-5-20(15-22)26-24(28)18-9-7-17(2)8-10-18/h4-15H,3,16H2,1-2H3,(H,25,27)(H,26,28). The normalized spacial score (nSPS) is 10.3. The monoisotopic (exact) mass is 420 g/mol. The van der Waals surface area contributed by atoms with Crippen molar-refractivity contribution in [2.24, 2.45) is 0 Å². The number of hydrogen-bond acceptors (Lipinski definition) is 4. The highest BCUT2D eigenvalue weighted by atomic mass is 32.2. The van der Waals surface area contributed by atoms with Crippen molar-refractivity contribution in [2.45, 2.75) is 18.7 Å². The van der Waals surface area contributed by atoms with Crippen molar-refractivity contribution in [3.63, 3.8) is 0 Å². The second kappa shape index (κ2) is 10.5. The Balaban J connectivity index is 1.52. The minimum Gasteiger partial charge on any atom is -0.494 e. The number of nitrogens with one attached hydrogen (secondary N) is 2. The summed E-state index contributed by atoms with van der Waals surface area (Å²) in [6.45, 7) is 4.51. The van der Waals surface area contributed by atoms with Gasteiger partial charge in [-0.3, -0.25) is 9.59 Å². The topological polar surface area (TPSA) is 67.4 Å². The van der Waals surface area contributed by atoms with E-state index in [4.69, 9.17) is 4.74 Å². The van der Waals surface area contributed by atoms with Gasteiger partial charge in [-0.05, 0) is 68.4 Å². The van der Waals surface area contributed by atoms with E-state index in [1.54, 1.807) is 12.1 Å². The van der Waals surface area contributed by atoms with Gasteiger partial charge in [0, 0.05) is 21.8 Å². The van der Waals surface area contributed by atoms with Crippen LogP contribution < -0.4 is 15.4 Å². The van der Waals surface area contributed by atoms with E-state index in [0.717, 1.165) is 21.9 Å². The molecule has 0 saturated heterocycles. The van der Waals surface area contributed by atoms with Crippen molar-refractivity contribution in [1.82, 2.24) is 0 Å². The second-order valence-corrected chi connectivity index (χ2v) is 7.69. The summed E-state index contributed by atoms with van der Waals surface area (Å²) >= 11 is 1.41. The van der Waals surface area contributed by atoms with Crippen molar-refractivity contribution < 1.29 is 14.3 Å². The van der Waals surface area contributed by atoms with E-state index in [-0.39, 0.29) is 17.6 Å². The molecule has 0 fully saturated rings. The summed E-state index contributed by atoms with van der Waals surface area (Å²) in [7, 11) is 0. The van der Waals surface area contributed by atoms with Gasteiger partial charge in [-0.25, -0.2) is 0 Å². The zero-order valence-corrected chi connectivity index (χ0v) is 17.8. The summed E-state index contributed by atoms with van der Waals surface area (Å²) in [5.74, 6) is 0.778. The molecule has 154 valence electrons. The van der Waals surface area contributed by atoms with Gasteiger partial charge >= 0.3 is 0 Å². The van der Waals surface area contributed by atoms with E-state index < -0.39 is 0 Å². The van der Waals surface area contributed by atoms with Crippen LogP contribution in [0.2, 0.25) is 0 Å². The maximum absolute atomic E-state index is 12.4. The highest BCUT2D eigenvalue weighted by Crippen LogP contribution is 2.23. The van der Waals surface area contributed by atoms with E-state index in [1.807, 2.05) is 74.5 Å². The molecule has 0 spiro atoms. The molecule has 0 unspecified atom stereocenters. The predicted molar refractivity (Wildman–Crippen MR) is 123 cm³/mol. The van der Waals surface area contributed by atoms with Crippen LogP contribution in [0, 0.1) is 6.92 Å². The second-order valence-electron chi connectivity index (χ2n) is 6.64. The van der Waals surface area contributed by atoms with E-state index in [0.29, 0.717) is 17.9 Å². The predicted octanol–water partition coefficient (Wildman–Crippen LogP) is 5.38. The molecule has 30 heavy (non-hydrogen) atoms. The smallest absolute Gasteiger partial charge is 0.255 e. The summed E-state index contributed by atoms with van der Waals surface area (Å²) in [4.78, 5) is 25.5. The molecule has 3 aromatic rings. The number of ether oxygens (including phenoxy) is 1. The van der Waals surface area contributed by atoms with Crippen LogP contribution in [-0.4, -0.2) is 24.2 Å². The molecule has 0 aromatic heterocycles. The van der Waals surface area contributed by atoms with Gasteiger partial charge in [0.2, 0.25) is 5.91 Å². The Morgan fingerprint density at radius 1 is 0.900 bits per heavy atom. The Kier molecular flexibility index (Phi) is 7.51. The molecule has 3 rings (SSSR count). The van der Waals surface area contributed by atoms with Gasteiger partial charge in [0.05, 0.1) is 12.4 Å². The average molecular weight is 421 g/mol. The Morgan fingerprint density at radius 3 is 2.33 bits per heavy atom. The lowest BCUT2D eigenvalue weighted by molar-refractivity contribution is -0.113. The van der Waals surface area contributed by atoms with Crippen LogP contribution in [0.4, 0.5) is 11.4 Å². The third kappa shape index (κ3) is 6.39. The molecule has 0 bridgehead atoms. The fourth-order valence-corrected chi connectivity index (χ4v) is 3.47. The molecule has 0 aliphatic carbocycles. The largest absolute Gasteiger partial charge is 0.494 e. The van der Waals surface area contributed by atoms with E-state index in [9.17, 15) is 9.59 Å². The molecule has 0 aliphatic heterocycles. The van der Waals surface area contributed by atoms with Crippen molar-refractivity contribution in [1.29, 1.82) is 0 Å². The maximum Gasteiger partial charge on any atom is 0.255 e. The molecular formula is C24H24N2O3S. The first-order valence-electron chi connectivity index (χ1n) is 9.67. The van der Waals surface area contributed by atoms with Gasteiger partial charge in [-0.15, -0.1) is 11.8 Å². The van der Waals surface area contributed by atoms with Crippen molar-refractivity contribution in [2.75, 3.05) is 23.0 Å². The molecule has 0 aliphatic rings. The molecule has 5 nitrogen and oxygen atoms in total. The zero-order chi connectivity index (χ0) is 21.3. The molecule has 6 heteroatoms. The highest BCUT2D eigenvalue weighted by Gasteiger charge is 2.08. The number of amides is 2. The number of thioether (sulfide) groups is 1. The molecule has 0 atom stereocenters. The highest BCUT2D eigenvalue weighted by molar-refractivity contribution is 8.00. The van der Waals surface area contributed by atoms with Crippen LogP contribution in [-0.2, 0) is 4.79 Å². The van der Waals surface area contributed by atoms with Crippen molar-refractivity contribution in [3.05, 3.63) is 83.9 Å². The Hall–Kier alpha value is -3.25. The number of aryl methyl sites for hydroxylation is 1. The van der Waals surface area contributed by atoms with Crippen LogP contribution in [0.5, 0.6) is 5.75 Å². The number of anilines is 2. The SMILES string of the molecule is CCOc1ccc(NC(=O)CSc2cccc(NC(=O)c3ccc(C)cc3)c2)cc1. The van der Waals surface area contributed by atoms with E-state index >= 15 is 0 Å². The lowest BCUT2D eigenvalue weighted by atomic mass is 10.1. The molecule has 3 aromatic carbocycles. The summed E-state index contributed by atoms with van der Waals surface area (Å²) in [5, 5.41) is 5.77. The number of carbonyl (C=O) groups excluding carboxylic acids is 2. The summed E-state index contributed by atoms with van der Waals surface area (Å²) < 4.78 is 5.40. The minimum absolute atomic E-state index is 0.0988. The molecule has 0 radical (unpaired) electrons. The first-order chi connectivity index (χ1) is 14.5. The molecule has 0 saturated carbocycles. The summed E-state index contributed by atoms with van der Waals surface area (Å²) in [6, 6.07) is 22.2. The number of hydrogen-bond donors (Lipinski definition) is 2. The lowest BCUT2D eigenvalue weighted by Gasteiger charge is -2.09. The minimum atomic E-state index is -0.162. The quantitative estimate of drug-likeness (QED) is 0.480. The maximum atomic E-state index is 12.4. The van der Waals surface area contributed by atoms with Crippen LogP contribution in [0.1, 0.15) is 22.8 Å². The third-order valence-corrected chi connectivity index (χ3v) is 5.22.